The highest BCUT2D eigenvalue weighted by molar-refractivity contribution is 14.1. The second kappa shape index (κ2) is 8.57. The maximum absolute atomic E-state index is 13.3. The van der Waals surface area contributed by atoms with E-state index in [1.54, 1.807) is 30.3 Å². The van der Waals surface area contributed by atoms with Crippen molar-refractivity contribution < 1.29 is 9.59 Å². The standard InChI is InChI=1S/C23H17ClIN3O2S/c1-13-10-15(14(2)27(13)17-7-5-6-16(25)12-17)11-18-21(29)26-23(31)28(22(18)30)20-9-4-3-8-19(20)24/h3-12H,1-2H3,(H,26,29,31)/b18-11+. The summed E-state index contributed by atoms with van der Waals surface area (Å²) in [5, 5.41) is 2.97. The molecular weight excluding hydrogens is 545 g/mol. The number of carbonyl (C=O) groups excluding carboxylic acids is 2. The van der Waals surface area contributed by atoms with Gasteiger partial charge in [-0.3, -0.25) is 19.8 Å². The molecule has 1 aliphatic heterocycles. The summed E-state index contributed by atoms with van der Waals surface area (Å²) in [6.45, 7) is 3.95. The third-order valence-electron chi connectivity index (χ3n) is 5.03. The smallest absolute Gasteiger partial charge is 0.270 e. The van der Waals surface area contributed by atoms with Crippen LogP contribution in [0.3, 0.4) is 0 Å². The van der Waals surface area contributed by atoms with Crippen LogP contribution in [0.1, 0.15) is 17.0 Å². The van der Waals surface area contributed by atoms with E-state index in [0.29, 0.717) is 10.7 Å². The molecule has 2 heterocycles. The number of hydrogen-bond donors (Lipinski definition) is 1. The summed E-state index contributed by atoms with van der Waals surface area (Å²) < 4.78 is 3.21. The number of hydrogen-bond acceptors (Lipinski definition) is 3. The van der Waals surface area contributed by atoms with Gasteiger partial charge in [0, 0.05) is 20.6 Å². The highest BCUT2D eigenvalue weighted by atomic mass is 127. The summed E-state index contributed by atoms with van der Waals surface area (Å²) in [7, 11) is 0. The van der Waals surface area contributed by atoms with Crippen LogP contribution in [0, 0.1) is 17.4 Å². The molecule has 4 rings (SSSR count). The van der Waals surface area contributed by atoms with Crippen LogP contribution >= 0.6 is 46.4 Å². The molecule has 2 amide bonds. The van der Waals surface area contributed by atoms with Gasteiger partial charge in [-0.05, 0) is 96.7 Å². The average molecular weight is 562 g/mol. The summed E-state index contributed by atoms with van der Waals surface area (Å²) in [5.74, 6) is -1.04. The Morgan fingerprint density at radius 3 is 2.52 bits per heavy atom. The molecule has 0 aliphatic carbocycles. The summed E-state index contributed by atoms with van der Waals surface area (Å²) in [6.07, 6.45) is 1.61. The van der Waals surface area contributed by atoms with Crippen molar-refractivity contribution in [1.82, 2.24) is 9.88 Å². The lowest BCUT2D eigenvalue weighted by atomic mass is 10.1. The Morgan fingerprint density at radius 2 is 1.81 bits per heavy atom. The molecule has 0 saturated carbocycles. The van der Waals surface area contributed by atoms with E-state index >= 15 is 0 Å². The number of amides is 2. The van der Waals surface area contributed by atoms with E-state index in [1.807, 2.05) is 38.1 Å². The molecule has 3 aromatic rings. The van der Waals surface area contributed by atoms with E-state index in [9.17, 15) is 9.59 Å². The first-order valence-electron chi connectivity index (χ1n) is 9.39. The van der Waals surface area contributed by atoms with Crippen molar-refractivity contribution in [1.29, 1.82) is 0 Å². The zero-order valence-electron chi connectivity index (χ0n) is 16.6. The van der Waals surface area contributed by atoms with Gasteiger partial charge in [0.2, 0.25) is 0 Å². The van der Waals surface area contributed by atoms with Crippen LogP contribution in [-0.4, -0.2) is 21.5 Å². The van der Waals surface area contributed by atoms with E-state index in [-0.39, 0.29) is 10.7 Å². The highest BCUT2D eigenvalue weighted by Crippen LogP contribution is 2.30. The molecule has 2 aromatic carbocycles. The van der Waals surface area contributed by atoms with E-state index in [1.165, 1.54) is 4.90 Å². The van der Waals surface area contributed by atoms with Gasteiger partial charge in [0.25, 0.3) is 11.8 Å². The Morgan fingerprint density at radius 1 is 1.06 bits per heavy atom. The van der Waals surface area contributed by atoms with Crippen LogP contribution in [0.25, 0.3) is 11.8 Å². The van der Waals surface area contributed by atoms with Crippen molar-refractivity contribution in [2.75, 3.05) is 4.90 Å². The van der Waals surface area contributed by atoms with Crippen LogP contribution < -0.4 is 10.2 Å². The quantitative estimate of drug-likeness (QED) is 0.207. The van der Waals surface area contributed by atoms with Crippen molar-refractivity contribution in [2.45, 2.75) is 13.8 Å². The first kappa shape index (κ1) is 21.7. The van der Waals surface area contributed by atoms with Gasteiger partial charge in [0.05, 0.1) is 10.7 Å². The molecule has 0 unspecified atom stereocenters. The van der Waals surface area contributed by atoms with Gasteiger partial charge in [-0.1, -0.05) is 29.8 Å². The molecular formula is C23H17ClIN3O2S. The Kier molecular flexibility index (Phi) is 6.00. The molecule has 31 heavy (non-hydrogen) atoms. The normalized spacial score (nSPS) is 15.5. The molecule has 1 fully saturated rings. The summed E-state index contributed by atoms with van der Waals surface area (Å²) in [6, 6.07) is 16.9. The van der Waals surface area contributed by atoms with Crippen LogP contribution in [0.4, 0.5) is 5.69 Å². The minimum absolute atomic E-state index is 0.00332. The molecule has 0 atom stereocenters. The molecule has 1 saturated heterocycles. The summed E-state index contributed by atoms with van der Waals surface area (Å²) in [4.78, 5) is 27.2. The number of thiocarbonyl (C=S) groups is 1. The molecule has 1 N–H and O–H groups in total. The molecule has 156 valence electrons. The number of carbonyl (C=O) groups is 2. The number of para-hydroxylation sites is 1. The zero-order chi connectivity index (χ0) is 22.3. The predicted octanol–water partition coefficient (Wildman–Crippen LogP) is 5.18. The third kappa shape index (κ3) is 4.05. The number of benzene rings is 2. The van der Waals surface area contributed by atoms with Crippen LogP contribution in [0.15, 0.2) is 60.2 Å². The van der Waals surface area contributed by atoms with Crippen LogP contribution in [0.5, 0.6) is 0 Å². The number of aromatic nitrogens is 1. The lowest BCUT2D eigenvalue weighted by Crippen LogP contribution is -2.54. The number of halogens is 2. The Hall–Kier alpha value is -2.49. The second-order valence-electron chi connectivity index (χ2n) is 7.05. The fourth-order valence-electron chi connectivity index (χ4n) is 3.61. The first-order valence-corrected chi connectivity index (χ1v) is 11.3. The van der Waals surface area contributed by atoms with Gasteiger partial charge in [0.15, 0.2) is 5.11 Å². The molecule has 0 radical (unpaired) electrons. The number of nitrogens with one attached hydrogen (secondary N) is 1. The van der Waals surface area contributed by atoms with Crippen LogP contribution in [0.2, 0.25) is 5.02 Å². The largest absolute Gasteiger partial charge is 0.318 e. The Bertz CT molecular complexity index is 1280. The zero-order valence-corrected chi connectivity index (χ0v) is 20.4. The van der Waals surface area contributed by atoms with Crippen molar-refractivity contribution in [3.63, 3.8) is 0 Å². The van der Waals surface area contributed by atoms with E-state index in [4.69, 9.17) is 23.8 Å². The second-order valence-corrected chi connectivity index (χ2v) is 9.09. The fourth-order valence-corrected chi connectivity index (χ4v) is 4.63. The highest BCUT2D eigenvalue weighted by Gasteiger charge is 2.35. The molecule has 1 aliphatic rings. The number of aryl methyl sites for hydroxylation is 1. The molecule has 0 spiro atoms. The topological polar surface area (TPSA) is 54.3 Å². The first-order chi connectivity index (χ1) is 14.8. The molecule has 8 heteroatoms. The lowest BCUT2D eigenvalue weighted by Gasteiger charge is -2.29. The number of nitrogens with zero attached hydrogens (tertiary/aromatic N) is 2. The minimum atomic E-state index is -0.530. The van der Waals surface area contributed by atoms with Gasteiger partial charge in [0.1, 0.15) is 5.57 Å². The Labute approximate surface area is 203 Å². The summed E-state index contributed by atoms with van der Waals surface area (Å²) in [5.41, 5.74) is 4.14. The van der Waals surface area contributed by atoms with E-state index < -0.39 is 11.8 Å². The van der Waals surface area contributed by atoms with Gasteiger partial charge in [-0.25, -0.2) is 0 Å². The third-order valence-corrected chi connectivity index (χ3v) is 6.31. The SMILES string of the molecule is Cc1cc(/C=C2\C(=O)NC(=S)N(c3ccccc3Cl)C2=O)c(C)n1-c1cccc(I)c1. The Balaban J connectivity index is 1.79. The van der Waals surface area contributed by atoms with Crippen LogP contribution in [-0.2, 0) is 9.59 Å². The van der Waals surface area contributed by atoms with E-state index in [2.05, 4.69) is 38.5 Å². The molecule has 5 nitrogen and oxygen atoms in total. The van der Waals surface area contributed by atoms with Crippen molar-refractivity contribution >= 4 is 75.1 Å². The number of rotatable bonds is 3. The maximum Gasteiger partial charge on any atom is 0.270 e. The van der Waals surface area contributed by atoms with Crippen molar-refractivity contribution in [2.24, 2.45) is 0 Å². The van der Waals surface area contributed by atoms with Gasteiger partial charge >= 0.3 is 0 Å². The lowest BCUT2D eigenvalue weighted by molar-refractivity contribution is -0.122. The predicted molar refractivity (Wildman–Crippen MR) is 136 cm³/mol. The minimum Gasteiger partial charge on any atom is -0.318 e. The van der Waals surface area contributed by atoms with Gasteiger partial charge < -0.3 is 4.57 Å². The average Bonchev–Trinajstić information content (AvgIpc) is 2.99. The fraction of sp³-hybridized carbons (Fsp3) is 0.0870. The number of anilines is 1. The van der Waals surface area contributed by atoms with Gasteiger partial charge in [-0.15, -0.1) is 0 Å². The molecule has 1 aromatic heterocycles. The molecule has 0 bridgehead atoms. The van der Waals surface area contributed by atoms with Crippen molar-refractivity contribution in [3.05, 3.63) is 85.7 Å². The van der Waals surface area contributed by atoms with Crippen molar-refractivity contribution in [3.8, 4) is 5.69 Å². The van der Waals surface area contributed by atoms with E-state index in [0.717, 1.165) is 26.2 Å². The monoisotopic (exact) mass is 561 g/mol. The maximum atomic E-state index is 13.3. The summed E-state index contributed by atoms with van der Waals surface area (Å²) >= 11 is 13.8. The van der Waals surface area contributed by atoms with Gasteiger partial charge in [-0.2, -0.15) is 0 Å².